The number of nitrogens with one attached hydrogen (secondary N) is 1. The number of aliphatic hydroxyl groups excluding tert-OH is 1. The minimum atomic E-state index is -0.540. The SMILES string of the molecule is O=C1CCCN1C[C@H](O)CNCc1cnc(N2CCCC2)nc1. The summed E-state index contributed by atoms with van der Waals surface area (Å²) in [7, 11) is 0. The number of hydrogen-bond acceptors (Lipinski definition) is 6. The molecule has 0 bridgehead atoms. The summed E-state index contributed by atoms with van der Waals surface area (Å²) in [5, 5.41) is 13.2. The highest BCUT2D eigenvalue weighted by Crippen LogP contribution is 2.14. The largest absolute Gasteiger partial charge is 0.390 e. The van der Waals surface area contributed by atoms with Crippen molar-refractivity contribution in [1.82, 2.24) is 20.2 Å². The van der Waals surface area contributed by atoms with Crippen molar-refractivity contribution >= 4 is 11.9 Å². The van der Waals surface area contributed by atoms with E-state index in [0.29, 0.717) is 26.1 Å². The van der Waals surface area contributed by atoms with Gasteiger partial charge in [0.25, 0.3) is 0 Å². The van der Waals surface area contributed by atoms with E-state index in [0.717, 1.165) is 37.6 Å². The maximum Gasteiger partial charge on any atom is 0.225 e. The molecule has 2 aliphatic heterocycles. The van der Waals surface area contributed by atoms with Gasteiger partial charge in [0, 0.05) is 63.6 Å². The Morgan fingerprint density at radius 1 is 1.17 bits per heavy atom. The van der Waals surface area contributed by atoms with Crippen LogP contribution in [0.3, 0.4) is 0 Å². The van der Waals surface area contributed by atoms with Crippen molar-refractivity contribution < 1.29 is 9.90 Å². The molecule has 1 atom stereocenters. The minimum Gasteiger partial charge on any atom is -0.390 e. The predicted molar refractivity (Wildman–Crippen MR) is 87.0 cm³/mol. The predicted octanol–water partition coefficient (Wildman–Crippen LogP) is 0.150. The molecule has 0 aliphatic carbocycles. The number of amides is 1. The van der Waals surface area contributed by atoms with E-state index < -0.39 is 6.10 Å². The Hall–Kier alpha value is -1.73. The Morgan fingerprint density at radius 3 is 2.57 bits per heavy atom. The molecule has 7 nitrogen and oxygen atoms in total. The number of β-amino-alcohol motifs (C(OH)–C–C–N with tert-alkyl or cyclic N) is 1. The summed E-state index contributed by atoms with van der Waals surface area (Å²) >= 11 is 0. The zero-order valence-electron chi connectivity index (χ0n) is 13.4. The monoisotopic (exact) mass is 319 g/mol. The maximum absolute atomic E-state index is 11.5. The summed E-state index contributed by atoms with van der Waals surface area (Å²) in [6.45, 7) is 4.33. The molecule has 1 aromatic heterocycles. The summed E-state index contributed by atoms with van der Waals surface area (Å²) in [5.41, 5.74) is 0.998. The summed E-state index contributed by atoms with van der Waals surface area (Å²) < 4.78 is 0. The normalized spacial score (nSPS) is 19.6. The molecule has 2 aliphatic rings. The number of likely N-dealkylation sites (tertiary alicyclic amines) is 1. The van der Waals surface area contributed by atoms with Crippen molar-refractivity contribution in [3.8, 4) is 0 Å². The van der Waals surface area contributed by atoms with Crippen LogP contribution in [-0.2, 0) is 11.3 Å². The fourth-order valence-electron chi connectivity index (χ4n) is 3.12. The molecule has 126 valence electrons. The third kappa shape index (κ3) is 4.39. The topological polar surface area (TPSA) is 81.6 Å². The van der Waals surface area contributed by atoms with Gasteiger partial charge in [0.05, 0.1) is 6.10 Å². The minimum absolute atomic E-state index is 0.148. The molecule has 0 saturated carbocycles. The van der Waals surface area contributed by atoms with Gasteiger partial charge in [-0.05, 0) is 19.3 Å². The number of anilines is 1. The molecule has 0 unspecified atom stereocenters. The quantitative estimate of drug-likeness (QED) is 0.744. The number of carbonyl (C=O) groups is 1. The van der Waals surface area contributed by atoms with Gasteiger partial charge in [0.15, 0.2) is 0 Å². The van der Waals surface area contributed by atoms with E-state index >= 15 is 0 Å². The van der Waals surface area contributed by atoms with Gasteiger partial charge in [-0.2, -0.15) is 0 Å². The van der Waals surface area contributed by atoms with Gasteiger partial charge in [0.2, 0.25) is 11.9 Å². The van der Waals surface area contributed by atoms with Gasteiger partial charge >= 0.3 is 0 Å². The Balaban J connectivity index is 1.38. The summed E-state index contributed by atoms with van der Waals surface area (Å²) in [6, 6.07) is 0. The van der Waals surface area contributed by atoms with Crippen LogP contribution in [0.5, 0.6) is 0 Å². The van der Waals surface area contributed by atoms with Crippen LogP contribution < -0.4 is 10.2 Å². The highest BCUT2D eigenvalue weighted by Gasteiger charge is 2.22. The van der Waals surface area contributed by atoms with Crippen molar-refractivity contribution in [2.24, 2.45) is 0 Å². The first-order chi connectivity index (χ1) is 11.2. The van der Waals surface area contributed by atoms with Crippen molar-refractivity contribution in [2.45, 2.75) is 38.3 Å². The molecule has 3 rings (SSSR count). The molecule has 0 radical (unpaired) electrons. The van der Waals surface area contributed by atoms with E-state index in [-0.39, 0.29) is 5.91 Å². The van der Waals surface area contributed by atoms with Crippen LogP contribution >= 0.6 is 0 Å². The summed E-state index contributed by atoms with van der Waals surface area (Å²) in [5.74, 6) is 0.953. The molecular formula is C16H25N5O2. The Labute approximate surface area is 136 Å². The highest BCUT2D eigenvalue weighted by molar-refractivity contribution is 5.78. The van der Waals surface area contributed by atoms with E-state index in [9.17, 15) is 9.90 Å². The fraction of sp³-hybridized carbons (Fsp3) is 0.688. The molecule has 1 amide bonds. The Bertz CT molecular complexity index is 516. The second-order valence-electron chi connectivity index (χ2n) is 6.31. The first-order valence-electron chi connectivity index (χ1n) is 8.45. The van der Waals surface area contributed by atoms with E-state index in [2.05, 4.69) is 20.2 Å². The van der Waals surface area contributed by atoms with Gasteiger partial charge < -0.3 is 20.2 Å². The van der Waals surface area contributed by atoms with Gasteiger partial charge in [-0.3, -0.25) is 4.79 Å². The van der Waals surface area contributed by atoms with Crippen LogP contribution in [0.1, 0.15) is 31.2 Å². The lowest BCUT2D eigenvalue weighted by Crippen LogP contribution is -2.38. The van der Waals surface area contributed by atoms with Crippen LogP contribution in [-0.4, -0.2) is 64.7 Å². The second-order valence-corrected chi connectivity index (χ2v) is 6.31. The third-order valence-electron chi connectivity index (χ3n) is 4.39. The van der Waals surface area contributed by atoms with Gasteiger partial charge in [-0.25, -0.2) is 9.97 Å². The smallest absolute Gasteiger partial charge is 0.225 e. The van der Waals surface area contributed by atoms with Crippen molar-refractivity contribution in [3.63, 3.8) is 0 Å². The van der Waals surface area contributed by atoms with Gasteiger partial charge in [0.1, 0.15) is 0 Å². The molecule has 2 saturated heterocycles. The molecule has 23 heavy (non-hydrogen) atoms. The molecule has 2 fully saturated rings. The summed E-state index contributed by atoms with van der Waals surface area (Å²) in [6.07, 6.45) is 7.07. The number of aromatic nitrogens is 2. The van der Waals surface area contributed by atoms with E-state index in [1.54, 1.807) is 4.90 Å². The average Bonchev–Trinajstić information content (AvgIpc) is 3.21. The molecule has 7 heteroatoms. The van der Waals surface area contributed by atoms with Crippen LogP contribution in [0, 0.1) is 0 Å². The number of hydrogen-bond donors (Lipinski definition) is 2. The molecule has 2 N–H and O–H groups in total. The number of carbonyl (C=O) groups excluding carboxylic acids is 1. The van der Waals surface area contributed by atoms with Crippen molar-refractivity contribution in [3.05, 3.63) is 18.0 Å². The van der Waals surface area contributed by atoms with Crippen LogP contribution in [0.15, 0.2) is 12.4 Å². The summed E-state index contributed by atoms with van der Waals surface area (Å²) in [4.78, 5) is 24.3. The maximum atomic E-state index is 11.5. The van der Waals surface area contributed by atoms with E-state index in [1.165, 1.54) is 12.8 Å². The molecule has 1 aromatic rings. The third-order valence-corrected chi connectivity index (χ3v) is 4.39. The number of aliphatic hydroxyl groups is 1. The van der Waals surface area contributed by atoms with E-state index in [4.69, 9.17) is 0 Å². The van der Waals surface area contributed by atoms with Crippen LogP contribution in [0.4, 0.5) is 5.95 Å². The fourth-order valence-corrected chi connectivity index (χ4v) is 3.12. The lowest BCUT2D eigenvalue weighted by molar-refractivity contribution is -0.128. The van der Waals surface area contributed by atoms with Crippen molar-refractivity contribution in [2.75, 3.05) is 37.6 Å². The van der Waals surface area contributed by atoms with Crippen molar-refractivity contribution in [1.29, 1.82) is 0 Å². The van der Waals surface area contributed by atoms with E-state index in [1.807, 2.05) is 12.4 Å². The average molecular weight is 319 g/mol. The number of rotatable bonds is 7. The lowest BCUT2D eigenvalue weighted by atomic mass is 10.3. The highest BCUT2D eigenvalue weighted by atomic mass is 16.3. The second kappa shape index (κ2) is 7.70. The van der Waals surface area contributed by atoms with Gasteiger partial charge in [-0.1, -0.05) is 0 Å². The standard InChI is InChI=1S/C16H25N5O2/c22-14(12-21-7-3-4-15(21)23)11-17-8-13-9-18-16(19-10-13)20-5-1-2-6-20/h9-10,14,17,22H,1-8,11-12H2/t14-/m1/s1. The van der Waals surface area contributed by atoms with Crippen LogP contribution in [0.25, 0.3) is 0 Å². The Kier molecular flexibility index (Phi) is 5.40. The molecule has 0 aromatic carbocycles. The van der Waals surface area contributed by atoms with Gasteiger partial charge in [-0.15, -0.1) is 0 Å². The lowest BCUT2D eigenvalue weighted by Gasteiger charge is -2.20. The van der Waals surface area contributed by atoms with Crippen LogP contribution in [0.2, 0.25) is 0 Å². The number of nitrogens with zero attached hydrogens (tertiary/aromatic N) is 4. The molecule has 3 heterocycles. The molecular weight excluding hydrogens is 294 g/mol. The first-order valence-corrected chi connectivity index (χ1v) is 8.45. The zero-order valence-corrected chi connectivity index (χ0v) is 13.4. The Morgan fingerprint density at radius 2 is 1.91 bits per heavy atom. The first kappa shape index (κ1) is 16.1. The molecule has 0 spiro atoms. The zero-order chi connectivity index (χ0) is 16.1.